The number of rotatable bonds is 7. The van der Waals surface area contributed by atoms with Gasteiger partial charge in [-0.25, -0.2) is 4.99 Å². The minimum absolute atomic E-state index is 0.163. The first-order valence-corrected chi connectivity index (χ1v) is 11.9. The first-order valence-electron chi connectivity index (χ1n) is 11.1. The van der Waals surface area contributed by atoms with Crippen molar-refractivity contribution in [3.05, 3.63) is 52.9 Å². The molecule has 2 aliphatic heterocycles. The molecule has 9 nitrogen and oxygen atoms in total. The molecule has 2 heterocycles. The Bertz CT molecular complexity index is 1160. The molecule has 35 heavy (non-hydrogen) atoms. The van der Waals surface area contributed by atoms with E-state index in [0.29, 0.717) is 21.4 Å². The molecule has 0 spiro atoms. The van der Waals surface area contributed by atoms with Gasteiger partial charge in [-0.3, -0.25) is 9.69 Å². The highest BCUT2D eigenvalue weighted by Gasteiger charge is 2.30. The molecule has 2 aliphatic rings. The second kappa shape index (κ2) is 10.8. The molecule has 0 aromatic heterocycles. The molecule has 0 N–H and O–H groups in total. The molecule has 10 heteroatoms. The van der Waals surface area contributed by atoms with Crippen LogP contribution in [0.15, 0.2) is 52.4 Å². The second-order valence-corrected chi connectivity index (χ2v) is 8.98. The number of benzene rings is 2. The van der Waals surface area contributed by atoms with Crippen molar-refractivity contribution in [1.29, 1.82) is 0 Å². The number of thioether (sulfide) groups is 1. The largest absolute Gasteiger partial charge is 0.546 e. The Balaban J connectivity index is 1.50. The number of ether oxygens (including phenoxy) is 3. The van der Waals surface area contributed by atoms with Crippen LogP contribution in [0, 0.1) is 0 Å². The molecule has 0 unspecified atom stereocenters. The number of carboxylic acids is 1. The number of amides is 1. The molecule has 4 rings (SSSR count). The van der Waals surface area contributed by atoms with Gasteiger partial charge in [0.05, 0.1) is 36.9 Å². The normalized spacial score (nSPS) is 19.3. The van der Waals surface area contributed by atoms with Gasteiger partial charge in [0.1, 0.15) is 6.10 Å². The number of anilines is 1. The van der Waals surface area contributed by atoms with E-state index in [1.165, 1.54) is 30.7 Å². The molecule has 0 aliphatic carbocycles. The number of carbonyl (C=O) groups is 2. The number of morpholine rings is 1. The number of aliphatic imine (C=N–C) groups is 1. The minimum Gasteiger partial charge on any atom is -0.546 e. The smallest absolute Gasteiger partial charge is 0.266 e. The van der Waals surface area contributed by atoms with E-state index < -0.39 is 12.1 Å². The third-order valence-corrected chi connectivity index (χ3v) is 6.64. The fourth-order valence-corrected chi connectivity index (χ4v) is 4.57. The average molecular weight is 497 g/mol. The lowest BCUT2D eigenvalue weighted by molar-refractivity contribution is -0.312. The first-order chi connectivity index (χ1) is 16.9. The maximum absolute atomic E-state index is 12.8. The van der Waals surface area contributed by atoms with Gasteiger partial charge in [-0.2, -0.15) is 0 Å². The maximum atomic E-state index is 12.8. The molecule has 2 fully saturated rings. The highest BCUT2D eigenvalue weighted by molar-refractivity contribution is 8.18. The van der Waals surface area contributed by atoms with Crippen molar-refractivity contribution >= 4 is 46.3 Å². The molecule has 1 atom stereocenters. The zero-order valence-electron chi connectivity index (χ0n) is 19.7. The van der Waals surface area contributed by atoms with Gasteiger partial charge < -0.3 is 29.0 Å². The maximum Gasteiger partial charge on any atom is 0.266 e. The van der Waals surface area contributed by atoms with E-state index in [1.807, 2.05) is 24.3 Å². The number of carboxylic acid groups (broad SMARTS) is 1. The number of likely N-dealkylation sites (N-methyl/N-ethyl adjacent to an activating group) is 1. The Morgan fingerprint density at radius 1 is 1.17 bits per heavy atom. The monoisotopic (exact) mass is 496 g/mol. The van der Waals surface area contributed by atoms with Gasteiger partial charge >= 0.3 is 0 Å². The van der Waals surface area contributed by atoms with E-state index in [2.05, 4.69) is 9.89 Å². The first kappa shape index (κ1) is 24.6. The third-order valence-electron chi connectivity index (χ3n) is 5.58. The zero-order chi connectivity index (χ0) is 24.9. The van der Waals surface area contributed by atoms with E-state index >= 15 is 0 Å². The Morgan fingerprint density at radius 3 is 2.54 bits per heavy atom. The molecular formula is C25H26N3O6S-. The van der Waals surface area contributed by atoms with E-state index in [0.717, 1.165) is 37.7 Å². The van der Waals surface area contributed by atoms with Crippen LogP contribution in [0.2, 0.25) is 0 Å². The third kappa shape index (κ3) is 5.77. The Morgan fingerprint density at radius 2 is 1.89 bits per heavy atom. The summed E-state index contributed by atoms with van der Waals surface area (Å²) in [5.41, 5.74) is 2.59. The topological polar surface area (TPSA) is 104 Å². The van der Waals surface area contributed by atoms with Crippen LogP contribution in [0.5, 0.6) is 11.5 Å². The van der Waals surface area contributed by atoms with Crippen LogP contribution in [-0.4, -0.2) is 68.5 Å². The molecule has 2 saturated heterocycles. The Kier molecular flexibility index (Phi) is 7.62. The van der Waals surface area contributed by atoms with Crippen LogP contribution < -0.4 is 19.5 Å². The van der Waals surface area contributed by atoms with Gasteiger partial charge in [-0.05, 0) is 66.7 Å². The summed E-state index contributed by atoms with van der Waals surface area (Å²) in [5, 5.41) is 11.5. The van der Waals surface area contributed by atoms with E-state index in [4.69, 9.17) is 14.2 Å². The SMILES string of the molecule is COc1cc(/C=C2\SC(=Nc3ccc(N4CCOCC4)cc3)N(C)C2=O)ccc1O[C@H](C)C(=O)[O-]. The molecule has 184 valence electrons. The summed E-state index contributed by atoms with van der Waals surface area (Å²) in [5.74, 6) is -0.859. The van der Waals surface area contributed by atoms with Gasteiger partial charge in [-0.15, -0.1) is 0 Å². The lowest BCUT2D eigenvalue weighted by Crippen LogP contribution is -2.37. The van der Waals surface area contributed by atoms with Crippen LogP contribution in [0.3, 0.4) is 0 Å². The van der Waals surface area contributed by atoms with Crippen molar-refractivity contribution in [3.8, 4) is 11.5 Å². The molecular weight excluding hydrogens is 470 g/mol. The standard InChI is InChI=1S/C25H27N3O6S/c1-16(24(30)31)34-20-9-4-17(14-21(20)32-3)15-22-23(29)27(2)25(35-22)26-18-5-7-19(8-6-18)28-10-12-33-13-11-28/h4-9,14-16H,10-13H2,1-3H3,(H,30,31)/p-1/b22-15-,26-25?/t16-/m1/s1. The van der Waals surface area contributed by atoms with E-state index in [-0.39, 0.29) is 11.7 Å². The lowest BCUT2D eigenvalue weighted by Gasteiger charge is -2.28. The van der Waals surface area contributed by atoms with Crippen molar-refractivity contribution in [2.75, 3.05) is 45.4 Å². The van der Waals surface area contributed by atoms with Crippen LogP contribution in [0.25, 0.3) is 6.08 Å². The van der Waals surface area contributed by atoms with Crippen molar-refractivity contribution < 1.29 is 28.9 Å². The van der Waals surface area contributed by atoms with E-state index in [9.17, 15) is 14.7 Å². The number of nitrogens with zero attached hydrogens (tertiary/aromatic N) is 3. The van der Waals surface area contributed by atoms with Crippen molar-refractivity contribution in [2.24, 2.45) is 4.99 Å². The quantitative estimate of drug-likeness (QED) is 0.538. The number of amidine groups is 1. The molecule has 2 aromatic rings. The number of aliphatic carboxylic acids is 1. The van der Waals surface area contributed by atoms with Gasteiger partial charge in [0, 0.05) is 25.8 Å². The van der Waals surface area contributed by atoms with Crippen molar-refractivity contribution in [3.63, 3.8) is 0 Å². The summed E-state index contributed by atoms with van der Waals surface area (Å²) in [6, 6.07) is 12.9. The summed E-state index contributed by atoms with van der Waals surface area (Å²) in [7, 11) is 3.15. The van der Waals surface area contributed by atoms with Crippen LogP contribution in [-0.2, 0) is 14.3 Å². The summed E-state index contributed by atoms with van der Waals surface area (Å²) in [6.07, 6.45) is 0.609. The highest BCUT2D eigenvalue weighted by atomic mass is 32.2. The number of hydrogen-bond acceptors (Lipinski definition) is 9. The Labute approximate surface area is 208 Å². The summed E-state index contributed by atoms with van der Waals surface area (Å²) < 4.78 is 16.1. The molecule has 1 amide bonds. The van der Waals surface area contributed by atoms with Crippen molar-refractivity contribution in [2.45, 2.75) is 13.0 Å². The van der Waals surface area contributed by atoms with E-state index in [1.54, 1.807) is 31.3 Å². The molecule has 0 radical (unpaired) electrons. The molecule has 0 bridgehead atoms. The van der Waals surface area contributed by atoms with Gasteiger partial charge in [0.15, 0.2) is 16.7 Å². The number of carbonyl (C=O) groups excluding carboxylic acids is 2. The van der Waals surface area contributed by atoms with Crippen LogP contribution >= 0.6 is 11.8 Å². The summed E-state index contributed by atoms with van der Waals surface area (Å²) in [6.45, 7) is 4.56. The summed E-state index contributed by atoms with van der Waals surface area (Å²) >= 11 is 1.28. The average Bonchev–Trinajstić information content (AvgIpc) is 3.13. The number of methoxy groups -OCH3 is 1. The second-order valence-electron chi connectivity index (χ2n) is 7.97. The fraction of sp³-hybridized carbons (Fsp3) is 0.320. The minimum atomic E-state index is -1.32. The number of hydrogen-bond donors (Lipinski definition) is 0. The lowest BCUT2D eigenvalue weighted by atomic mass is 10.2. The van der Waals surface area contributed by atoms with Gasteiger partial charge in [0.25, 0.3) is 5.91 Å². The molecule has 2 aromatic carbocycles. The fourth-order valence-electron chi connectivity index (χ4n) is 3.58. The highest BCUT2D eigenvalue weighted by Crippen LogP contribution is 2.35. The zero-order valence-corrected chi connectivity index (χ0v) is 20.5. The van der Waals surface area contributed by atoms with Gasteiger partial charge in [0.2, 0.25) is 0 Å². The predicted molar refractivity (Wildman–Crippen MR) is 133 cm³/mol. The predicted octanol–water partition coefficient (Wildman–Crippen LogP) is 2.28. The van der Waals surface area contributed by atoms with Gasteiger partial charge in [-0.1, -0.05) is 6.07 Å². The van der Waals surface area contributed by atoms with Crippen LogP contribution in [0.1, 0.15) is 12.5 Å². The Hall–Kier alpha value is -3.50. The summed E-state index contributed by atoms with van der Waals surface area (Å²) in [4.78, 5) is 32.7. The van der Waals surface area contributed by atoms with Crippen molar-refractivity contribution in [1.82, 2.24) is 4.90 Å². The van der Waals surface area contributed by atoms with Crippen LogP contribution in [0.4, 0.5) is 11.4 Å². The molecule has 0 saturated carbocycles.